The number of fused-ring (bicyclic) bond motifs is 3. The molecule has 0 radical (unpaired) electrons. The number of imidazole rings is 1. The summed E-state index contributed by atoms with van der Waals surface area (Å²) in [6.45, 7) is 0. The van der Waals surface area contributed by atoms with E-state index < -0.39 is 23.4 Å². The smallest absolute Gasteiger partial charge is 0.335 e. The standard InChI is InChI=1S/C11H8N2O5S/c14-8-7(10(17)18)19-11-12-5-2-1-4(9(15)16)3-6(5)13(8)11/h1-3,7-8,14H,(H,15,16)(H,17,18). The number of aliphatic hydroxyl groups is 1. The zero-order valence-electron chi connectivity index (χ0n) is 9.35. The summed E-state index contributed by atoms with van der Waals surface area (Å²) in [7, 11) is 0. The van der Waals surface area contributed by atoms with Crippen LogP contribution in [0.1, 0.15) is 16.6 Å². The molecule has 0 aliphatic carbocycles. The Morgan fingerprint density at radius 2 is 2.05 bits per heavy atom. The first-order valence-electron chi connectivity index (χ1n) is 5.32. The largest absolute Gasteiger partial charge is 0.480 e. The van der Waals surface area contributed by atoms with Crippen molar-refractivity contribution in [3.8, 4) is 0 Å². The number of carbonyl (C=O) groups is 2. The molecule has 1 aromatic carbocycles. The number of benzene rings is 1. The van der Waals surface area contributed by atoms with Gasteiger partial charge in [-0.15, -0.1) is 0 Å². The van der Waals surface area contributed by atoms with E-state index in [0.717, 1.165) is 11.8 Å². The fourth-order valence-electron chi connectivity index (χ4n) is 2.03. The first-order valence-corrected chi connectivity index (χ1v) is 6.20. The Balaban J connectivity index is 2.18. The first-order chi connectivity index (χ1) is 8.99. The number of carboxylic acids is 2. The van der Waals surface area contributed by atoms with E-state index in [1.165, 1.54) is 22.8 Å². The molecule has 0 saturated heterocycles. The van der Waals surface area contributed by atoms with E-state index in [2.05, 4.69) is 4.98 Å². The van der Waals surface area contributed by atoms with Crippen LogP contribution in [0.4, 0.5) is 0 Å². The van der Waals surface area contributed by atoms with Gasteiger partial charge in [-0.1, -0.05) is 11.8 Å². The zero-order chi connectivity index (χ0) is 13.7. The first kappa shape index (κ1) is 12.0. The molecule has 2 aromatic rings. The Bertz CT molecular complexity index is 710. The number of aromatic carboxylic acids is 1. The molecule has 0 amide bonds. The lowest BCUT2D eigenvalue weighted by Crippen LogP contribution is -2.23. The van der Waals surface area contributed by atoms with E-state index in [1.54, 1.807) is 0 Å². The molecule has 3 rings (SSSR count). The van der Waals surface area contributed by atoms with Gasteiger partial charge in [0.1, 0.15) is 0 Å². The Hall–Kier alpha value is -2.06. The SMILES string of the molecule is O=C(O)c1ccc2nc3n(c2c1)C(O)C(C(=O)O)S3. The molecule has 0 saturated carbocycles. The monoisotopic (exact) mass is 280 g/mol. The van der Waals surface area contributed by atoms with E-state index in [0.29, 0.717) is 16.2 Å². The zero-order valence-corrected chi connectivity index (χ0v) is 10.2. The molecule has 0 fully saturated rings. The second kappa shape index (κ2) is 3.97. The van der Waals surface area contributed by atoms with Crippen molar-refractivity contribution in [1.82, 2.24) is 9.55 Å². The van der Waals surface area contributed by atoms with Crippen LogP contribution in [0.3, 0.4) is 0 Å². The van der Waals surface area contributed by atoms with Crippen LogP contribution >= 0.6 is 11.8 Å². The lowest BCUT2D eigenvalue weighted by Gasteiger charge is -2.11. The number of hydrogen-bond acceptors (Lipinski definition) is 5. The van der Waals surface area contributed by atoms with Gasteiger partial charge >= 0.3 is 11.9 Å². The number of rotatable bonds is 2. The van der Waals surface area contributed by atoms with Crippen LogP contribution < -0.4 is 0 Å². The van der Waals surface area contributed by atoms with Crippen molar-refractivity contribution in [3.63, 3.8) is 0 Å². The van der Waals surface area contributed by atoms with Gasteiger partial charge in [-0.3, -0.25) is 9.36 Å². The van der Waals surface area contributed by atoms with Crippen LogP contribution in [-0.4, -0.2) is 42.1 Å². The highest BCUT2D eigenvalue weighted by atomic mass is 32.2. The van der Waals surface area contributed by atoms with Gasteiger partial charge in [0.25, 0.3) is 0 Å². The maximum Gasteiger partial charge on any atom is 0.335 e. The van der Waals surface area contributed by atoms with Gasteiger partial charge in [0.2, 0.25) is 0 Å². The highest BCUT2D eigenvalue weighted by molar-refractivity contribution is 8.00. The van der Waals surface area contributed by atoms with Gasteiger partial charge in [0, 0.05) is 0 Å². The Morgan fingerprint density at radius 1 is 1.32 bits per heavy atom. The highest BCUT2D eigenvalue weighted by Crippen LogP contribution is 2.41. The molecular formula is C11H8N2O5S. The van der Waals surface area contributed by atoms with Gasteiger partial charge in [-0.05, 0) is 18.2 Å². The van der Waals surface area contributed by atoms with Crippen LogP contribution in [0.25, 0.3) is 11.0 Å². The molecule has 2 unspecified atom stereocenters. The molecule has 1 aromatic heterocycles. The summed E-state index contributed by atoms with van der Waals surface area (Å²) in [6, 6.07) is 4.33. The van der Waals surface area contributed by atoms with Gasteiger partial charge in [-0.25, -0.2) is 9.78 Å². The second-order valence-corrected chi connectivity index (χ2v) is 5.17. The van der Waals surface area contributed by atoms with E-state index >= 15 is 0 Å². The molecule has 1 aliphatic rings. The summed E-state index contributed by atoms with van der Waals surface area (Å²) < 4.78 is 1.35. The Labute approximate surface area is 110 Å². The fourth-order valence-corrected chi connectivity index (χ4v) is 3.07. The molecule has 19 heavy (non-hydrogen) atoms. The predicted octanol–water partition coefficient (Wildman–Crippen LogP) is 0.784. The van der Waals surface area contributed by atoms with Gasteiger partial charge < -0.3 is 15.3 Å². The van der Waals surface area contributed by atoms with Crippen molar-refractivity contribution in [3.05, 3.63) is 23.8 Å². The lowest BCUT2D eigenvalue weighted by molar-refractivity contribution is -0.139. The number of aromatic nitrogens is 2. The molecule has 2 heterocycles. The van der Waals surface area contributed by atoms with Gasteiger partial charge in [0.05, 0.1) is 16.6 Å². The number of thioether (sulfide) groups is 1. The average molecular weight is 280 g/mol. The second-order valence-electron chi connectivity index (χ2n) is 4.06. The molecule has 1 aliphatic heterocycles. The molecule has 7 nitrogen and oxygen atoms in total. The van der Waals surface area contributed by atoms with Crippen molar-refractivity contribution in [2.45, 2.75) is 16.6 Å². The minimum Gasteiger partial charge on any atom is -0.480 e. The third kappa shape index (κ3) is 1.68. The van der Waals surface area contributed by atoms with Crippen LogP contribution in [0.5, 0.6) is 0 Å². The van der Waals surface area contributed by atoms with Crippen molar-refractivity contribution in [2.24, 2.45) is 0 Å². The van der Waals surface area contributed by atoms with E-state index in [9.17, 15) is 14.7 Å². The summed E-state index contributed by atoms with van der Waals surface area (Å²) in [5, 5.41) is 27.3. The maximum atomic E-state index is 11.0. The van der Waals surface area contributed by atoms with Crippen molar-refractivity contribution >= 4 is 34.7 Å². The summed E-state index contributed by atoms with van der Waals surface area (Å²) in [5.74, 6) is -2.22. The third-order valence-electron chi connectivity index (χ3n) is 2.92. The van der Waals surface area contributed by atoms with Crippen LogP contribution in [0.2, 0.25) is 0 Å². The molecule has 8 heteroatoms. The average Bonchev–Trinajstić information content (AvgIpc) is 2.85. The third-order valence-corrected chi connectivity index (χ3v) is 4.11. The summed E-state index contributed by atoms with van der Waals surface area (Å²) in [5.41, 5.74) is 1.00. The normalized spacial score (nSPS) is 21.5. The molecular weight excluding hydrogens is 272 g/mol. The molecule has 0 spiro atoms. The van der Waals surface area contributed by atoms with Gasteiger partial charge in [0.15, 0.2) is 16.6 Å². The molecule has 98 valence electrons. The lowest BCUT2D eigenvalue weighted by atomic mass is 10.2. The van der Waals surface area contributed by atoms with E-state index in [1.807, 2.05) is 0 Å². The number of aliphatic hydroxyl groups excluding tert-OH is 1. The van der Waals surface area contributed by atoms with Crippen molar-refractivity contribution < 1.29 is 24.9 Å². The number of nitrogens with zero attached hydrogens (tertiary/aromatic N) is 2. The molecule has 0 bridgehead atoms. The van der Waals surface area contributed by atoms with Crippen molar-refractivity contribution in [2.75, 3.05) is 0 Å². The fraction of sp³-hybridized carbons (Fsp3) is 0.182. The number of hydrogen-bond donors (Lipinski definition) is 3. The van der Waals surface area contributed by atoms with E-state index in [-0.39, 0.29) is 5.56 Å². The summed E-state index contributed by atoms with van der Waals surface area (Å²) >= 11 is 0.947. The van der Waals surface area contributed by atoms with Crippen molar-refractivity contribution in [1.29, 1.82) is 0 Å². The van der Waals surface area contributed by atoms with Crippen LogP contribution in [0, 0.1) is 0 Å². The molecule has 3 N–H and O–H groups in total. The minimum atomic E-state index is -1.26. The Morgan fingerprint density at radius 3 is 2.68 bits per heavy atom. The van der Waals surface area contributed by atoms with Crippen LogP contribution in [0.15, 0.2) is 23.4 Å². The number of carboxylic acid groups (broad SMARTS) is 2. The quantitative estimate of drug-likeness (QED) is 0.745. The number of aliphatic carboxylic acids is 1. The Kier molecular flexibility index (Phi) is 2.51. The maximum absolute atomic E-state index is 11.0. The summed E-state index contributed by atoms with van der Waals surface area (Å²) in [6.07, 6.45) is -1.26. The van der Waals surface area contributed by atoms with Gasteiger partial charge in [-0.2, -0.15) is 0 Å². The van der Waals surface area contributed by atoms with E-state index in [4.69, 9.17) is 10.2 Å². The topological polar surface area (TPSA) is 113 Å². The van der Waals surface area contributed by atoms with Crippen LogP contribution in [-0.2, 0) is 4.79 Å². The highest BCUT2D eigenvalue weighted by Gasteiger charge is 2.39. The summed E-state index contributed by atoms with van der Waals surface area (Å²) in [4.78, 5) is 26.1. The molecule has 2 atom stereocenters. The minimum absolute atomic E-state index is 0.0613. The predicted molar refractivity (Wildman–Crippen MR) is 65.2 cm³/mol.